The monoisotopic (exact) mass is 245 g/mol. The van der Waals surface area contributed by atoms with E-state index in [1.807, 2.05) is 6.92 Å². The Kier molecular flexibility index (Phi) is 5.31. The molecule has 0 saturated carbocycles. The van der Waals surface area contributed by atoms with Crippen molar-refractivity contribution in [3.8, 4) is 5.75 Å². The van der Waals surface area contributed by atoms with Crippen molar-refractivity contribution in [1.82, 2.24) is 0 Å². The molecule has 0 aromatic heterocycles. The van der Waals surface area contributed by atoms with Crippen molar-refractivity contribution in [3.63, 3.8) is 0 Å². The highest BCUT2D eigenvalue weighted by molar-refractivity contribution is 5.36. The molecule has 0 aliphatic carbocycles. The lowest BCUT2D eigenvalue weighted by molar-refractivity contribution is -0.0510. The van der Waals surface area contributed by atoms with Gasteiger partial charge in [0.1, 0.15) is 5.75 Å². The lowest BCUT2D eigenvalue weighted by atomic mass is 9.98. The van der Waals surface area contributed by atoms with Gasteiger partial charge in [0.25, 0.3) is 0 Å². The summed E-state index contributed by atoms with van der Waals surface area (Å²) in [5.41, 5.74) is 6.22. The molecule has 0 fully saturated rings. The van der Waals surface area contributed by atoms with E-state index in [9.17, 15) is 13.9 Å². The van der Waals surface area contributed by atoms with Crippen LogP contribution < -0.4 is 10.5 Å². The number of alkyl halides is 2. The molecule has 0 bridgehead atoms. The average molecular weight is 245 g/mol. The van der Waals surface area contributed by atoms with Crippen LogP contribution in [0.3, 0.4) is 0 Å². The van der Waals surface area contributed by atoms with Gasteiger partial charge in [-0.05, 0) is 12.5 Å². The Bertz CT molecular complexity index is 347. The van der Waals surface area contributed by atoms with Gasteiger partial charge in [-0.3, -0.25) is 0 Å². The number of halogens is 2. The van der Waals surface area contributed by atoms with Crippen molar-refractivity contribution in [2.75, 3.05) is 0 Å². The molecule has 1 aromatic carbocycles. The van der Waals surface area contributed by atoms with Crippen LogP contribution in [0.1, 0.15) is 31.4 Å². The summed E-state index contributed by atoms with van der Waals surface area (Å²) < 4.78 is 28.7. The van der Waals surface area contributed by atoms with E-state index in [0.29, 0.717) is 12.0 Å². The summed E-state index contributed by atoms with van der Waals surface area (Å²) in [7, 11) is 0. The highest BCUT2D eigenvalue weighted by Gasteiger charge is 2.20. The molecule has 0 saturated heterocycles. The molecule has 1 aromatic rings. The lowest BCUT2D eigenvalue weighted by Gasteiger charge is -2.21. The van der Waals surface area contributed by atoms with E-state index in [1.54, 1.807) is 18.2 Å². The van der Waals surface area contributed by atoms with Gasteiger partial charge in [0.05, 0.1) is 12.1 Å². The molecule has 0 spiro atoms. The second-order valence-corrected chi connectivity index (χ2v) is 3.80. The number of hydrogen-bond donors (Lipinski definition) is 2. The minimum absolute atomic E-state index is 0.0187. The first kappa shape index (κ1) is 13.9. The molecule has 0 heterocycles. The maximum Gasteiger partial charge on any atom is 0.387 e. The maximum absolute atomic E-state index is 12.2. The van der Waals surface area contributed by atoms with Crippen LogP contribution in [0, 0.1) is 0 Å². The highest BCUT2D eigenvalue weighted by Crippen LogP contribution is 2.28. The van der Waals surface area contributed by atoms with E-state index >= 15 is 0 Å². The topological polar surface area (TPSA) is 55.5 Å². The Hall–Kier alpha value is -1.20. The summed E-state index contributed by atoms with van der Waals surface area (Å²) in [4.78, 5) is 0. The largest absolute Gasteiger partial charge is 0.434 e. The van der Waals surface area contributed by atoms with Crippen LogP contribution in [-0.2, 0) is 0 Å². The fourth-order valence-electron chi connectivity index (χ4n) is 1.64. The molecule has 0 radical (unpaired) electrons. The van der Waals surface area contributed by atoms with Gasteiger partial charge in [0.2, 0.25) is 0 Å². The fourth-order valence-corrected chi connectivity index (χ4v) is 1.64. The summed E-state index contributed by atoms with van der Waals surface area (Å²) in [5.74, 6) is 0.0187. The van der Waals surface area contributed by atoms with E-state index < -0.39 is 18.8 Å². The van der Waals surface area contributed by atoms with Crippen molar-refractivity contribution >= 4 is 0 Å². The number of benzene rings is 1. The molecule has 0 unspecified atom stereocenters. The fraction of sp³-hybridized carbons (Fsp3) is 0.500. The van der Waals surface area contributed by atoms with Crippen LogP contribution in [0.25, 0.3) is 0 Å². The Balaban J connectivity index is 2.88. The van der Waals surface area contributed by atoms with E-state index in [-0.39, 0.29) is 5.75 Å². The van der Waals surface area contributed by atoms with Crippen molar-refractivity contribution in [3.05, 3.63) is 29.8 Å². The van der Waals surface area contributed by atoms with Crippen LogP contribution >= 0.6 is 0 Å². The van der Waals surface area contributed by atoms with Crippen molar-refractivity contribution in [2.24, 2.45) is 5.73 Å². The molecule has 0 amide bonds. The standard InChI is InChI=1S/C12H17F2NO2/c1-2-5-9(16)11(15)8-6-3-4-7-10(8)17-12(13)14/h3-4,6-7,9,11-12,16H,2,5,15H2,1H3/t9-,11+/m0/s1. The molecule has 3 nitrogen and oxygen atoms in total. The minimum atomic E-state index is -2.90. The zero-order valence-corrected chi connectivity index (χ0v) is 9.64. The molecule has 3 N–H and O–H groups in total. The molecule has 96 valence electrons. The van der Waals surface area contributed by atoms with Crippen molar-refractivity contribution < 1.29 is 18.6 Å². The first-order valence-corrected chi connectivity index (χ1v) is 5.53. The summed E-state index contributed by atoms with van der Waals surface area (Å²) in [6.07, 6.45) is 0.527. The zero-order valence-electron chi connectivity index (χ0n) is 9.64. The van der Waals surface area contributed by atoms with Gasteiger partial charge in [0.15, 0.2) is 0 Å². The second kappa shape index (κ2) is 6.51. The average Bonchev–Trinajstić information content (AvgIpc) is 2.28. The van der Waals surface area contributed by atoms with Crippen molar-refractivity contribution in [1.29, 1.82) is 0 Å². The Morgan fingerprint density at radius 3 is 2.59 bits per heavy atom. The van der Waals surface area contributed by atoms with Gasteiger partial charge in [-0.2, -0.15) is 8.78 Å². The molecule has 17 heavy (non-hydrogen) atoms. The number of aliphatic hydroxyl groups excluding tert-OH is 1. The van der Waals surface area contributed by atoms with Crippen LogP contribution in [0.4, 0.5) is 8.78 Å². The summed E-state index contributed by atoms with van der Waals surface area (Å²) in [5, 5.41) is 9.76. The second-order valence-electron chi connectivity index (χ2n) is 3.80. The Labute approximate surface area is 99.2 Å². The molecule has 0 aliphatic heterocycles. The molecule has 0 aliphatic rings. The molecular formula is C12H17F2NO2. The minimum Gasteiger partial charge on any atom is -0.434 e. The predicted molar refractivity (Wildman–Crippen MR) is 60.9 cm³/mol. The lowest BCUT2D eigenvalue weighted by Crippen LogP contribution is -2.26. The van der Waals surface area contributed by atoms with Crippen LogP contribution in [-0.4, -0.2) is 17.8 Å². The normalized spacial score (nSPS) is 14.7. The summed E-state index contributed by atoms with van der Waals surface area (Å²) >= 11 is 0. The van der Waals surface area contributed by atoms with Crippen LogP contribution in [0.2, 0.25) is 0 Å². The maximum atomic E-state index is 12.2. The van der Waals surface area contributed by atoms with Gasteiger partial charge in [-0.15, -0.1) is 0 Å². The predicted octanol–water partition coefficient (Wildman–Crippen LogP) is 2.45. The third-order valence-electron chi connectivity index (χ3n) is 2.49. The molecule has 5 heteroatoms. The first-order valence-electron chi connectivity index (χ1n) is 5.53. The zero-order chi connectivity index (χ0) is 12.8. The number of ether oxygens (including phenoxy) is 1. The van der Waals surface area contributed by atoms with Gasteiger partial charge in [-0.25, -0.2) is 0 Å². The first-order chi connectivity index (χ1) is 8.06. The van der Waals surface area contributed by atoms with Gasteiger partial charge in [-0.1, -0.05) is 31.5 Å². The number of para-hydroxylation sites is 1. The quantitative estimate of drug-likeness (QED) is 0.809. The number of rotatable bonds is 6. The van der Waals surface area contributed by atoms with E-state index in [0.717, 1.165) is 6.42 Å². The summed E-state index contributed by atoms with van der Waals surface area (Å²) in [6, 6.07) is 5.54. The SMILES string of the molecule is CCC[C@H](O)[C@H](N)c1ccccc1OC(F)F. The van der Waals surface area contributed by atoms with Crippen molar-refractivity contribution in [2.45, 2.75) is 38.5 Å². The van der Waals surface area contributed by atoms with E-state index in [1.165, 1.54) is 6.07 Å². The van der Waals surface area contributed by atoms with Crippen LogP contribution in [0.15, 0.2) is 24.3 Å². The van der Waals surface area contributed by atoms with Crippen LogP contribution in [0.5, 0.6) is 5.75 Å². The molecular weight excluding hydrogens is 228 g/mol. The number of hydrogen-bond acceptors (Lipinski definition) is 3. The van der Waals surface area contributed by atoms with Gasteiger partial charge in [0, 0.05) is 5.56 Å². The Morgan fingerprint density at radius 1 is 1.35 bits per heavy atom. The highest BCUT2D eigenvalue weighted by atomic mass is 19.3. The van der Waals surface area contributed by atoms with Gasteiger partial charge < -0.3 is 15.6 Å². The molecule has 1 rings (SSSR count). The Morgan fingerprint density at radius 2 is 2.00 bits per heavy atom. The third kappa shape index (κ3) is 3.94. The number of aliphatic hydroxyl groups is 1. The number of nitrogens with two attached hydrogens (primary N) is 1. The van der Waals surface area contributed by atoms with E-state index in [4.69, 9.17) is 5.73 Å². The van der Waals surface area contributed by atoms with E-state index in [2.05, 4.69) is 4.74 Å². The summed E-state index contributed by atoms with van der Waals surface area (Å²) in [6.45, 7) is -0.982. The smallest absolute Gasteiger partial charge is 0.387 e. The van der Waals surface area contributed by atoms with Gasteiger partial charge >= 0.3 is 6.61 Å². The third-order valence-corrected chi connectivity index (χ3v) is 2.49. The molecule has 2 atom stereocenters.